The van der Waals surface area contributed by atoms with Crippen LogP contribution in [0.4, 0.5) is 13.2 Å². The summed E-state index contributed by atoms with van der Waals surface area (Å²) in [5, 5.41) is 0. The molecular formula is C24H25BF3-. The van der Waals surface area contributed by atoms with Crippen molar-refractivity contribution in [3.63, 3.8) is 0 Å². The molecule has 0 aromatic heterocycles. The van der Waals surface area contributed by atoms with E-state index in [9.17, 15) is 13.2 Å². The van der Waals surface area contributed by atoms with Crippen molar-refractivity contribution < 1.29 is 13.2 Å². The summed E-state index contributed by atoms with van der Waals surface area (Å²) in [7, 11) is 0.422. The van der Waals surface area contributed by atoms with Crippen LogP contribution >= 0.6 is 0 Å². The molecule has 0 heterocycles. The number of rotatable bonds is 8. The van der Waals surface area contributed by atoms with Gasteiger partial charge in [-0.25, -0.2) is 13.2 Å². The topological polar surface area (TPSA) is 0 Å². The van der Waals surface area contributed by atoms with Gasteiger partial charge < -0.3 is 0 Å². The lowest BCUT2D eigenvalue weighted by atomic mass is 9.66. The predicted molar refractivity (Wildman–Crippen MR) is 112 cm³/mol. The number of hydrogen-bond donors (Lipinski definition) is 0. The summed E-state index contributed by atoms with van der Waals surface area (Å²) in [5.74, 6) is -0.887. The van der Waals surface area contributed by atoms with Crippen molar-refractivity contribution in [2.45, 2.75) is 37.4 Å². The van der Waals surface area contributed by atoms with Gasteiger partial charge in [0, 0.05) is 5.41 Å². The van der Waals surface area contributed by atoms with Gasteiger partial charge in [-0.1, -0.05) is 55.7 Å². The lowest BCUT2D eigenvalue weighted by Crippen LogP contribution is -2.29. The number of unbranched alkanes of at least 4 members (excludes halogenated alkanes) is 2. The molecule has 0 aliphatic carbocycles. The van der Waals surface area contributed by atoms with Gasteiger partial charge in [0.1, 0.15) is 17.5 Å². The van der Waals surface area contributed by atoms with Gasteiger partial charge in [0.25, 0.3) is 0 Å². The Morgan fingerprint density at radius 1 is 0.536 bits per heavy atom. The molecule has 0 N–H and O–H groups in total. The number of halogens is 3. The van der Waals surface area contributed by atoms with Crippen molar-refractivity contribution in [1.82, 2.24) is 0 Å². The Kier molecular flexibility index (Phi) is 6.61. The van der Waals surface area contributed by atoms with Gasteiger partial charge in [0.05, 0.1) is 0 Å². The van der Waals surface area contributed by atoms with Crippen molar-refractivity contribution in [2.24, 2.45) is 0 Å². The second kappa shape index (κ2) is 9.14. The highest BCUT2D eigenvalue weighted by Gasteiger charge is 2.36. The van der Waals surface area contributed by atoms with Crippen LogP contribution in [0.5, 0.6) is 0 Å². The minimum atomic E-state index is -0.574. The molecule has 0 fully saturated rings. The molecule has 3 aromatic rings. The van der Waals surface area contributed by atoms with Gasteiger partial charge in [-0.2, -0.15) is 6.32 Å². The highest BCUT2D eigenvalue weighted by atomic mass is 19.1. The molecule has 0 nitrogen and oxygen atoms in total. The van der Waals surface area contributed by atoms with Crippen LogP contribution in [-0.4, -0.2) is 7.85 Å². The first kappa shape index (κ1) is 20.3. The molecule has 3 aromatic carbocycles. The maximum Gasteiger partial charge on any atom is 0.123 e. The molecule has 0 saturated heterocycles. The minimum absolute atomic E-state index is 0.296. The van der Waals surface area contributed by atoms with E-state index in [4.69, 9.17) is 0 Å². The minimum Gasteiger partial charge on any atom is -0.207 e. The third-order valence-electron chi connectivity index (χ3n) is 5.06. The molecule has 0 aliphatic heterocycles. The van der Waals surface area contributed by atoms with E-state index in [-0.39, 0.29) is 17.5 Å². The van der Waals surface area contributed by atoms with Crippen LogP contribution in [0.2, 0.25) is 6.32 Å². The van der Waals surface area contributed by atoms with Crippen molar-refractivity contribution in [3.8, 4) is 0 Å². The van der Waals surface area contributed by atoms with E-state index in [1.54, 1.807) is 36.4 Å². The third kappa shape index (κ3) is 4.32. The smallest absolute Gasteiger partial charge is 0.123 e. The van der Waals surface area contributed by atoms with Gasteiger partial charge in [-0.3, -0.25) is 0 Å². The SMILES string of the molecule is [BH3-]CCCCCC(c1ccc(F)cc1)(c1ccc(F)cc1)c1ccc(F)cc1. The molecule has 0 unspecified atom stereocenters. The zero-order valence-corrected chi connectivity index (χ0v) is 15.1. The van der Waals surface area contributed by atoms with Crippen LogP contribution in [-0.2, 0) is 5.41 Å². The Balaban J connectivity index is 2.18. The summed E-state index contributed by atoms with van der Waals surface area (Å²) < 4.78 is 40.9. The third-order valence-corrected chi connectivity index (χ3v) is 5.06. The summed E-state index contributed by atoms with van der Waals surface area (Å²) >= 11 is 0. The maximum atomic E-state index is 13.6. The molecule has 146 valence electrons. The average Bonchev–Trinajstić information content (AvgIpc) is 2.71. The molecule has 0 aliphatic rings. The van der Waals surface area contributed by atoms with Crippen molar-refractivity contribution >= 4 is 7.85 Å². The summed E-state index contributed by atoms with van der Waals surface area (Å²) in [6.07, 6.45) is 5.55. The summed E-state index contributed by atoms with van der Waals surface area (Å²) in [6.45, 7) is 0. The lowest BCUT2D eigenvalue weighted by molar-refractivity contribution is 0.510. The van der Waals surface area contributed by atoms with E-state index >= 15 is 0 Å². The van der Waals surface area contributed by atoms with E-state index in [2.05, 4.69) is 0 Å². The van der Waals surface area contributed by atoms with Crippen LogP contribution in [0.25, 0.3) is 0 Å². The van der Waals surface area contributed by atoms with Crippen LogP contribution in [0.3, 0.4) is 0 Å². The molecule has 3 rings (SSSR count). The molecular weight excluding hydrogens is 356 g/mol. The number of hydrogen-bond acceptors (Lipinski definition) is 0. The van der Waals surface area contributed by atoms with Crippen LogP contribution in [0.1, 0.15) is 42.4 Å². The molecule has 0 spiro atoms. The van der Waals surface area contributed by atoms with E-state index in [1.807, 2.05) is 0 Å². The van der Waals surface area contributed by atoms with Crippen LogP contribution in [0, 0.1) is 17.5 Å². The van der Waals surface area contributed by atoms with E-state index < -0.39 is 5.41 Å². The Bertz CT molecular complexity index is 760. The van der Waals surface area contributed by atoms with E-state index in [0.29, 0.717) is 7.85 Å². The van der Waals surface area contributed by atoms with Gasteiger partial charge in [0.15, 0.2) is 0 Å². The second-order valence-electron chi connectivity index (χ2n) is 6.74. The quantitative estimate of drug-likeness (QED) is 0.264. The molecule has 0 atom stereocenters. The second-order valence-corrected chi connectivity index (χ2v) is 6.74. The van der Waals surface area contributed by atoms with Crippen molar-refractivity contribution in [1.29, 1.82) is 0 Å². The van der Waals surface area contributed by atoms with Gasteiger partial charge in [-0.15, -0.1) is 0 Å². The molecule has 0 saturated carbocycles. The fourth-order valence-electron chi connectivity index (χ4n) is 3.70. The Morgan fingerprint density at radius 3 is 1.21 bits per heavy atom. The van der Waals surface area contributed by atoms with Gasteiger partial charge >= 0.3 is 0 Å². The maximum absolute atomic E-state index is 13.6. The Morgan fingerprint density at radius 2 is 0.893 bits per heavy atom. The van der Waals surface area contributed by atoms with E-state index in [0.717, 1.165) is 36.0 Å². The zero-order chi connectivity index (χ0) is 20.0. The first-order chi connectivity index (χ1) is 13.6. The number of benzene rings is 3. The lowest BCUT2D eigenvalue weighted by Gasteiger charge is -2.36. The summed E-state index contributed by atoms with van der Waals surface area (Å²) in [5.41, 5.74) is 2.23. The van der Waals surface area contributed by atoms with Crippen LogP contribution < -0.4 is 0 Å². The standard InChI is InChI=1S/C24H25BF3/c25-17-3-1-2-16-24(18-4-10-21(26)11-5-18,19-6-12-22(27)13-7-19)20-8-14-23(28)15-9-20/h4-15H,1-3,16-17H2,25H3/q-1. The highest BCUT2D eigenvalue weighted by molar-refractivity contribution is 6.08. The monoisotopic (exact) mass is 381 g/mol. The molecule has 0 bridgehead atoms. The molecule has 0 radical (unpaired) electrons. The first-order valence-corrected chi connectivity index (χ1v) is 9.13. The summed E-state index contributed by atoms with van der Waals surface area (Å²) in [4.78, 5) is 0. The fraction of sp³-hybridized carbons (Fsp3) is 0.250. The predicted octanol–water partition coefficient (Wildman–Crippen LogP) is 5.78. The largest absolute Gasteiger partial charge is 0.207 e. The van der Waals surface area contributed by atoms with Crippen molar-refractivity contribution in [3.05, 3.63) is 107 Å². The first-order valence-electron chi connectivity index (χ1n) is 9.13. The van der Waals surface area contributed by atoms with Crippen LogP contribution in [0.15, 0.2) is 72.8 Å². The average molecular weight is 381 g/mol. The fourth-order valence-corrected chi connectivity index (χ4v) is 3.70. The van der Waals surface area contributed by atoms with Crippen molar-refractivity contribution in [2.75, 3.05) is 0 Å². The summed E-state index contributed by atoms with van der Waals surface area (Å²) in [6, 6.07) is 19.5. The Hall–Kier alpha value is -2.49. The van der Waals surface area contributed by atoms with Gasteiger partial charge in [0.2, 0.25) is 0 Å². The van der Waals surface area contributed by atoms with Gasteiger partial charge in [-0.05, 0) is 67.4 Å². The zero-order valence-electron chi connectivity index (χ0n) is 15.1. The molecule has 0 amide bonds. The molecule has 4 heteroatoms. The Labute approximate surface area is 165 Å². The highest BCUT2D eigenvalue weighted by Crippen LogP contribution is 2.43. The molecule has 28 heavy (non-hydrogen) atoms. The normalized spacial score (nSPS) is 11.6. The van der Waals surface area contributed by atoms with E-state index in [1.165, 1.54) is 49.1 Å².